The highest BCUT2D eigenvalue weighted by molar-refractivity contribution is 5.94. The van der Waals surface area contributed by atoms with Crippen LogP contribution in [-0.2, 0) is 0 Å². The number of ketones is 1. The van der Waals surface area contributed by atoms with Gasteiger partial charge in [-0.1, -0.05) is 0 Å². The molecule has 2 rings (SSSR count). The molecule has 1 heterocycles. The standard InChI is InChI=1S/C18H21N3O2/c1-12(22)13-5-7-14(8-6-13)20-15-9-10-16(19-11-15)17(23)21-18(2,3)4/h5-11,20H,1-4H3,(H,21,23). The largest absolute Gasteiger partial charge is 0.354 e. The highest BCUT2D eigenvalue weighted by atomic mass is 16.2. The van der Waals surface area contributed by atoms with Crippen LogP contribution in [0.2, 0.25) is 0 Å². The Morgan fingerprint density at radius 1 is 0.957 bits per heavy atom. The first-order chi connectivity index (χ1) is 10.7. The van der Waals surface area contributed by atoms with Gasteiger partial charge in [0.05, 0.1) is 11.9 Å². The van der Waals surface area contributed by atoms with Gasteiger partial charge < -0.3 is 10.6 Å². The monoisotopic (exact) mass is 311 g/mol. The highest BCUT2D eigenvalue weighted by Crippen LogP contribution is 2.17. The predicted molar refractivity (Wildman–Crippen MR) is 91.2 cm³/mol. The summed E-state index contributed by atoms with van der Waals surface area (Å²) in [5.74, 6) is -0.165. The van der Waals surface area contributed by atoms with Crippen LogP contribution >= 0.6 is 0 Å². The zero-order valence-electron chi connectivity index (χ0n) is 13.8. The molecule has 2 N–H and O–H groups in total. The van der Waals surface area contributed by atoms with Gasteiger partial charge in [0.25, 0.3) is 5.91 Å². The summed E-state index contributed by atoms with van der Waals surface area (Å²) >= 11 is 0. The first-order valence-corrected chi connectivity index (χ1v) is 7.41. The molecular formula is C18H21N3O2. The topological polar surface area (TPSA) is 71.1 Å². The normalized spacial score (nSPS) is 11.0. The summed E-state index contributed by atoms with van der Waals surface area (Å²) in [6, 6.07) is 10.7. The van der Waals surface area contributed by atoms with E-state index in [2.05, 4.69) is 15.6 Å². The number of aromatic nitrogens is 1. The van der Waals surface area contributed by atoms with Crippen LogP contribution in [0.3, 0.4) is 0 Å². The van der Waals surface area contributed by atoms with Crippen LogP contribution in [0, 0.1) is 0 Å². The smallest absolute Gasteiger partial charge is 0.270 e. The van der Waals surface area contributed by atoms with E-state index < -0.39 is 0 Å². The van der Waals surface area contributed by atoms with Gasteiger partial charge in [0, 0.05) is 16.8 Å². The third kappa shape index (κ3) is 4.92. The Morgan fingerprint density at radius 2 is 1.57 bits per heavy atom. The molecule has 0 aliphatic heterocycles. The molecule has 2 aromatic rings. The lowest BCUT2D eigenvalue weighted by molar-refractivity contribution is 0.0913. The molecule has 0 saturated heterocycles. The average Bonchev–Trinajstić information content (AvgIpc) is 2.46. The minimum Gasteiger partial charge on any atom is -0.354 e. The van der Waals surface area contributed by atoms with Crippen LogP contribution in [0.1, 0.15) is 48.5 Å². The average molecular weight is 311 g/mol. The summed E-state index contributed by atoms with van der Waals surface area (Å²) in [6.07, 6.45) is 1.61. The fraction of sp³-hybridized carbons (Fsp3) is 0.278. The molecule has 5 heteroatoms. The van der Waals surface area contributed by atoms with Gasteiger partial charge in [-0.25, -0.2) is 4.98 Å². The molecule has 0 fully saturated rings. The SMILES string of the molecule is CC(=O)c1ccc(Nc2ccc(C(=O)NC(C)(C)C)nc2)cc1. The fourth-order valence-electron chi connectivity index (χ4n) is 1.96. The van der Waals surface area contributed by atoms with Gasteiger partial charge in [-0.15, -0.1) is 0 Å². The number of carbonyl (C=O) groups excluding carboxylic acids is 2. The van der Waals surface area contributed by atoms with Gasteiger partial charge in [-0.2, -0.15) is 0 Å². The number of Topliss-reactive ketones (excluding diaryl/α,β-unsaturated/α-hetero) is 1. The van der Waals surface area contributed by atoms with E-state index in [-0.39, 0.29) is 17.2 Å². The van der Waals surface area contributed by atoms with Crippen LogP contribution < -0.4 is 10.6 Å². The third-order valence-electron chi connectivity index (χ3n) is 3.06. The van der Waals surface area contributed by atoms with E-state index in [1.54, 1.807) is 30.5 Å². The zero-order chi connectivity index (χ0) is 17.0. The van der Waals surface area contributed by atoms with Crippen molar-refractivity contribution < 1.29 is 9.59 Å². The summed E-state index contributed by atoms with van der Waals surface area (Å²) in [7, 11) is 0. The van der Waals surface area contributed by atoms with E-state index in [0.717, 1.165) is 11.4 Å². The summed E-state index contributed by atoms with van der Waals surface area (Å²) in [5, 5.41) is 6.05. The molecule has 0 atom stereocenters. The molecule has 0 aliphatic rings. The van der Waals surface area contributed by atoms with Crippen molar-refractivity contribution in [3.63, 3.8) is 0 Å². The van der Waals surface area contributed by atoms with Crippen molar-refractivity contribution in [2.75, 3.05) is 5.32 Å². The molecular weight excluding hydrogens is 290 g/mol. The van der Waals surface area contributed by atoms with Crippen LogP contribution in [0.15, 0.2) is 42.6 Å². The second kappa shape index (κ2) is 6.60. The maximum atomic E-state index is 12.0. The summed E-state index contributed by atoms with van der Waals surface area (Å²) < 4.78 is 0. The van der Waals surface area contributed by atoms with Crippen molar-refractivity contribution in [2.24, 2.45) is 0 Å². The lowest BCUT2D eigenvalue weighted by Gasteiger charge is -2.20. The molecule has 1 amide bonds. The Balaban J connectivity index is 2.05. The number of pyridine rings is 1. The number of anilines is 2. The quantitative estimate of drug-likeness (QED) is 0.847. The molecule has 23 heavy (non-hydrogen) atoms. The first kappa shape index (κ1) is 16.7. The van der Waals surface area contributed by atoms with Crippen molar-refractivity contribution in [1.82, 2.24) is 10.3 Å². The molecule has 0 radical (unpaired) electrons. The van der Waals surface area contributed by atoms with Crippen LogP contribution in [0.25, 0.3) is 0 Å². The maximum Gasteiger partial charge on any atom is 0.270 e. The van der Waals surface area contributed by atoms with E-state index in [0.29, 0.717) is 11.3 Å². The van der Waals surface area contributed by atoms with Crippen molar-refractivity contribution >= 4 is 23.1 Å². The van der Waals surface area contributed by atoms with E-state index in [1.165, 1.54) is 6.92 Å². The van der Waals surface area contributed by atoms with E-state index >= 15 is 0 Å². The Kier molecular flexibility index (Phi) is 4.79. The molecule has 1 aromatic heterocycles. The Labute approximate surface area is 136 Å². The minimum atomic E-state index is -0.297. The lowest BCUT2D eigenvalue weighted by Crippen LogP contribution is -2.40. The van der Waals surface area contributed by atoms with Crippen LogP contribution in [-0.4, -0.2) is 22.2 Å². The number of amides is 1. The van der Waals surface area contributed by atoms with Gasteiger partial charge in [0.15, 0.2) is 5.78 Å². The number of hydrogen-bond donors (Lipinski definition) is 2. The molecule has 1 aromatic carbocycles. The van der Waals surface area contributed by atoms with E-state index in [1.807, 2.05) is 32.9 Å². The van der Waals surface area contributed by atoms with Crippen LogP contribution in [0.4, 0.5) is 11.4 Å². The minimum absolute atomic E-state index is 0.0347. The van der Waals surface area contributed by atoms with Gasteiger partial charge in [-0.05, 0) is 64.1 Å². The number of nitrogens with zero attached hydrogens (tertiary/aromatic N) is 1. The number of rotatable bonds is 4. The van der Waals surface area contributed by atoms with Crippen molar-refractivity contribution in [2.45, 2.75) is 33.2 Å². The molecule has 0 spiro atoms. The van der Waals surface area contributed by atoms with Crippen molar-refractivity contribution in [3.05, 3.63) is 53.9 Å². The predicted octanol–water partition coefficient (Wildman–Crippen LogP) is 3.56. The fourth-order valence-corrected chi connectivity index (χ4v) is 1.96. The summed E-state index contributed by atoms with van der Waals surface area (Å²) in [5.41, 5.74) is 2.37. The van der Waals surface area contributed by atoms with Crippen molar-refractivity contribution in [1.29, 1.82) is 0 Å². The molecule has 5 nitrogen and oxygen atoms in total. The Bertz CT molecular complexity index is 699. The third-order valence-corrected chi connectivity index (χ3v) is 3.06. The summed E-state index contributed by atoms with van der Waals surface area (Å²) in [6.45, 7) is 7.30. The second-order valence-corrected chi connectivity index (χ2v) is 6.39. The summed E-state index contributed by atoms with van der Waals surface area (Å²) in [4.78, 5) is 27.4. The highest BCUT2D eigenvalue weighted by Gasteiger charge is 2.15. The molecule has 0 aliphatic carbocycles. The Morgan fingerprint density at radius 3 is 2.04 bits per heavy atom. The molecule has 120 valence electrons. The van der Waals surface area contributed by atoms with E-state index in [4.69, 9.17) is 0 Å². The first-order valence-electron chi connectivity index (χ1n) is 7.41. The number of hydrogen-bond acceptors (Lipinski definition) is 4. The maximum absolute atomic E-state index is 12.0. The van der Waals surface area contributed by atoms with E-state index in [9.17, 15) is 9.59 Å². The van der Waals surface area contributed by atoms with Crippen LogP contribution in [0.5, 0.6) is 0 Å². The second-order valence-electron chi connectivity index (χ2n) is 6.39. The molecule has 0 bridgehead atoms. The van der Waals surface area contributed by atoms with Gasteiger partial charge in [-0.3, -0.25) is 9.59 Å². The van der Waals surface area contributed by atoms with Gasteiger partial charge >= 0.3 is 0 Å². The van der Waals surface area contributed by atoms with Crippen molar-refractivity contribution in [3.8, 4) is 0 Å². The lowest BCUT2D eigenvalue weighted by atomic mass is 10.1. The van der Waals surface area contributed by atoms with Gasteiger partial charge in [0.2, 0.25) is 0 Å². The van der Waals surface area contributed by atoms with Gasteiger partial charge in [0.1, 0.15) is 5.69 Å². The number of carbonyl (C=O) groups is 2. The zero-order valence-corrected chi connectivity index (χ0v) is 13.8. The molecule has 0 saturated carbocycles. The molecule has 0 unspecified atom stereocenters. The Hall–Kier alpha value is -2.69. The number of benzene rings is 1. The number of nitrogens with one attached hydrogen (secondary N) is 2.